The molecule has 1 aromatic carbocycles. The summed E-state index contributed by atoms with van der Waals surface area (Å²) in [5.74, 6) is -2.90. The van der Waals surface area contributed by atoms with Crippen LogP contribution in [0.3, 0.4) is 0 Å². The van der Waals surface area contributed by atoms with Gasteiger partial charge in [0.05, 0.1) is 24.0 Å². The van der Waals surface area contributed by atoms with Crippen LogP contribution in [0.15, 0.2) is 55.6 Å². The molecule has 47 heavy (non-hydrogen) atoms. The Balaban J connectivity index is 1.63. The third-order valence-electron chi connectivity index (χ3n) is 9.85. The number of aliphatic hydroxyl groups is 1. The summed E-state index contributed by atoms with van der Waals surface area (Å²) in [6.45, 7) is 12.7. The molecule has 0 unspecified atom stereocenters. The summed E-state index contributed by atoms with van der Waals surface area (Å²) >= 11 is 0. The zero-order valence-corrected chi connectivity index (χ0v) is 28.1. The molecule has 0 radical (unpaired) electrons. The van der Waals surface area contributed by atoms with Gasteiger partial charge in [0.25, 0.3) is 0 Å². The molecule has 0 saturated carbocycles. The third kappa shape index (κ3) is 7.97. The van der Waals surface area contributed by atoms with E-state index < -0.39 is 47.7 Å². The second-order valence-electron chi connectivity index (χ2n) is 13.1. The highest BCUT2D eigenvalue weighted by molar-refractivity contribution is 5.98. The highest BCUT2D eigenvalue weighted by Crippen LogP contribution is 2.59. The van der Waals surface area contributed by atoms with Crippen LogP contribution in [0.2, 0.25) is 0 Å². The Kier molecular flexibility index (Phi) is 13.2. The van der Waals surface area contributed by atoms with Crippen molar-refractivity contribution in [3.05, 3.63) is 61.2 Å². The minimum absolute atomic E-state index is 0.0574. The van der Waals surface area contributed by atoms with Crippen molar-refractivity contribution in [2.24, 2.45) is 11.8 Å². The number of likely N-dealkylation sites (tertiary alicyclic amines) is 1. The molecule has 2 bridgehead atoms. The maximum absolute atomic E-state index is 14.4. The van der Waals surface area contributed by atoms with Crippen LogP contribution < -0.4 is 5.32 Å². The maximum atomic E-state index is 14.4. The second kappa shape index (κ2) is 17.1. The van der Waals surface area contributed by atoms with E-state index in [-0.39, 0.29) is 30.7 Å². The lowest BCUT2D eigenvalue weighted by molar-refractivity contribution is -0.162. The SMILES string of the molecule is C=CCCC(=O)N[C@@H](C)[C@H](OC(=O)[C@@H]1[C@@H]2CC[C@]3(O2)[C@H](C(=O)N(CC=C)CCCCC)N(CCCCCO)C(=O)[C@@H]13)c1ccccc1. The van der Waals surface area contributed by atoms with Crippen LogP contribution in [0.5, 0.6) is 0 Å². The topological polar surface area (TPSA) is 125 Å². The van der Waals surface area contributed by atoms with E-state index in [4.69, 9.17) is 9.47 Å². The molecule has 3 aliphatic heterocycles. The van der Waals surface area contributed by atoms with Gasteiger partial charge in [-0.2, -0.15) is 0 Å². The van der Waals surface area contributed by atoms with E-state index in [0.29, 0.717) is 58.2 Å². The quantitative estimate of drug-likeness (QED) is 0.121. The summed E-state index contributed by atoms with van der Waals surface area (Å²) in [7, 11) is 0. The van der Waals surface area contributed by atoms with Crippen LogP contribution in [0.25, 0.3) is 0 Å². The molecule has 3 saturated heterocycles. The number of nitrogens with one attached hydrogen (secondary N) is 1. The first-order valence-electron chi connectivity index (χ1n) is 17.4. The fourth-order valence-corrected chi connectivity index (χ4v) is 7.62. The number of benzene rings is 1. The van der Waals surface area contributed by atoms with Gasteiger partial charge in [-0.1, -0.05) is 62.2 Å². The van der Waals surface area contributed by atoms with Crippen molar-refractivity contribution in [2.45, 2.75) is 108 Å². The lowest BCUT2D eigenvalue weighted by Crippen LogP contribution is -2.56. The van der Waals surface area contributed by atoms with E-state index in [0.717, 1.165) is 24.8 Å². The van der Waals surface area contributed by atoms with Crippen LogP contribution in [0.4, 0.5) is 0 Å². The van der Waals surface area contributed by atoms with E-state index in [1.165, 1.54) is 0 Å². The number of esters is 1. The molecule has 7 atom stereocenters. The van der Waals surface area contributed by atoms with Crippen molar-refractivity contribution >= 4 is 23.7 Å². The number of aliphatic hydroxyl groups excluding tert-OH is 1. The number of amides is 3. The Morgan fingerprint density at radius 3 is 2.60 bits per heavy atom. The van der Waals surface area contributed by atoms with Crippen molar-refractivity contribution in [3.63, 3.8) is 0 Å². The molecular formula is C37H53N3O7. The predicted octanol–water partition coefficient (Wildman–Crippen LogP) is 4.48. The van der Waals surface area contributed by atoms with Crippen LogP contribution in [-0.4, -0.2) is 88.6 Å². The van der Waals surface area contributed by atoms with Crippen LogP contribution in [0, 0.1) is 11.8 Å². The number of hydrogen-bond acceptors (Lipinski definition) is 7. The maximum Gasteiger partial charge on any atom is 0.313 e. The fraction of sp³-hybridized carbons (Fsp3) is 0.622. The number of ether oxygens (including phenoxy) is 2. The summed E-state index contributed by atoms with van der Waals surface area (Å²) < 4.78 is 12.9. The summed E-state index contributed by atoms with van der Waals surface area (Å²) in [4.78, 5) is 59.0. The molecule has 1 spiro atoms. The highest BCUT2D eigenvalue weighted by atomic mass is 16.6. The monoisotopic (exact) mass is 651 g/mol. The van der Waals surface area contributed by atoms with Crippen LogP contribution in [-0.2, 0) is 28.7 Å². The van der Waals surface area contributed by atoms with Crippen molar-refractivity contribution < 1.29 is 33.8 Å². The lowest BCUT2D eigenvalue weighted by Gasteiger charge is -2.37. The van der Waals surface area contributed by atoms with E-state index in [1.807, 2.05) is 30.3 Å². The highest BCUT2D eigenvalue weighted by Gasteiger charge is 2.75. The molecule has 3 amide bonds. The summed E-state index contributed by atoms with van der Waals surface area (Å²) in [5, 5.41) is 12.3. The largest absolute Gasteiger partial charge is 0.455 e. The smallest absolute Gasteiger partial charge is 0.313 e. The van der Waals surface area contributed by atoms with Gasteiger partial charge in [0.1, 0.15) is 17.7 Å². The molecule has 1 aromatic rings. The number of hydrogen-bond donors (Lipinski definition) is 2. The van der Waals surface area contributed by atoms with E-state index in [9.17, 15) is 24.3 Å². The summed E-state index contributed by atoms with van der Waals surface area (Å²) in [6.07, 6.45) is 8.62. The minimum atomic E-state index is -1.13. The van der Waals surface area contributed by atoms with E-state index in [2.05, 4.69) is 25.4 Å². The van der Waals surface area contributed by atoms with Gasteiger partial charge in [-0.25, -0.2) is 0 Å². The Bertz CT molecular complexity index is 1260. The molecule has 258 valence electrons. The molecule has 3 heterocycles. The normalized spacial score (nSPS) is 25.6. The predicted molar refractivity (Wildman–Crippen MR) is 179 cm³/mol. The average Bonchev–Trinajstić information content (AvgIpc) is 3.71. The van der Waals surface area contributed by atoms with Crippen molar-refractivity contribution in [2.75, 3.05) is 26.2 Å². The van der Waals surface area contributed by atoms with Crippen molar-refractivity contribution in [1.82, 2.24) is 15.1 Å². The van der Waals surface area contributed by atoms with Gasteiger partial charge in [0, 0.05) is 32.7 Å². The number of rotatable bonds is 20. The van der Waals surface area contributed by atoms with Gasteiger partial charge < -0.3 is 29.7 Å². The summed E-state index contributed by atoms with van der Waals surface area (Å²) in [6, 6.07) is 7.85. The Hall–Kier alpha value is -3.50. The van der Waals surface area contributed by atoms with Gasteiger partial charge in [0.2, 0.25) is 17.7 Å². The Morgan fingerprint density at radius 1 is 1.15 bits per heavy atom. The number of fused-ring (bicyclic) bond motifs is 1. The number of nitrogens with zero attached hydrogens (tertiary/aromatic N) is 2. The van der Waals surface area contributed by atoms with Crippen molar-refractivity contribution in [3.8, 4) is 0 Å². The molecular weight excluding hydrogens is 598 g/mol. The van der Waals surface area contributed by atoms with E-state index >= 15 is 0 Å². The average molecular weight is 652 g/mol. The van der Waals surface area contributed by atoms with Gasteiger partial charge >= 0.3 is 5.97 Å². The Labute approximate surface area is 279 Å². The fourth-order valence-electron chi connectivity index (χ4n) is 7.62. The standard InChI is InChI=1S/C37H53N3O7/c1-5-8-14-23-39(22-7-3)35(44)33-37-21-20-28(47-37)30(31(37)34(43)40(33)24-15-11-16-25-41)36(45)46-32(27-17-12-10-13-18-27)26(4)38-29(42)19-9-6-2/h6-7,10,12-13,17-18,26,28,30-33,41H,2-3,5,8-9,11,14-16,19-25H2,1,4H3,(H,38,42)/t26-,28-,30+,31+,32-,33-,37+/m0/s1. The first kappa shape index (κ1) is 36.3. The number of carbonyl (C=O) groups excluding carboxylic acids is 4. The zero-order valence-electron chi connectivity index (χ0n) is 28.1. The molecule has 3 aliphatic rings. The number of carbonyl (C=O) groups is 4. The molecule has 3 fully saturated rings. The zero-order chi connectivity index (χ0) is 34.0. The van der Waals surface area contributed by atoms with E-state index in [1.54, 1.807) is 28.9 Å². The molecule has 10 heteroatoms. The number of allylic oxidation sites excluding steroid dienone is 1. The van der Waals surface area contributed by atoms with Gasteiger partial charge in [0.15, 0.2) is 0 Å². The van der Waals surface area contributed by atoms with Gasteiger partial charge in [-0.15, -0.1) is 13.2 Å². The minimum Gasteiger partial charge on any atom is -0.455 e. The lowest BCUT2D eigenvalue weighted by atomic mass is 9.70. The summed E-state index contributed by atoms with van der Waals surface area (Å²) in [5.41, 5.74) is -0.407. The van der Waals surface area contributed by atoms with Gasteiger partial charge in [-0.3, -0.25) is 19.2 Å². The molecule has 10 nitrogen and oxygen atoms in total. The van der Waals surface area contributed by atoms with Crippen molar-refractivity contribution in [1.29, 1.82) is 0 Å². The second-order valence-corrected chi connectivity index (χ2v) is 13.1. The van der Waals surface area contributed by atoms with Crippen LogP contribution in [0.1, 0.15) is 89.7 Å². The first-order valence-corrected chi connectivity index (χ1v) is 17.4. The molecule has 0 aliphatic carbocycles. The number of unbranched alkanes of at least 4 members (excludes halogenated alkanes) is 4. The third-order valence-corrected chi connectivity index (χ3v) is 9.85. The molecule has 2 N–H and O–H groups in total. The van der Waals surface area contributed by atoms with Crippen LogP contribution >= 0.6 is 0 Å². The first-order chi connectivity index (χ1) is 22.7. The Morgan fingerprint density at radius 2 is 1.91 bits per heavy atom. The van der Waals surface area contributed by atoms with Gasteiger partial charge in [-0.05, 0) is 57.4 Å². The molecule has 4 rings (SSSR count). The molecule has 0 aromatic heterocycles.